The topological polar surface area (TPSA) is 25.8 Å². The Hall–Kier alpha value is -7.16. The fourth-order valence-electron chi connectivity index (χ4n) is 9.32. The Labute approximate surface area is 332 Å². The van der Waals surface area contributed by atoms with Gasteiger partial charge in [0.2, 0.25) is 0 Å². The first-order chi connectivity index (χ1) is 28.0. The zero-order valence-corrected chi connectivity index (χ0v) is 31.9. The minimum absolute atomic E-state index is 0.121. The summed E-state index contributed by atoms with van der Waals surface area (Å²) in [5, 5.41) is 7.20. The minimum Gasteiger partial charge on any atom is -0.228 e. The summed E-state index contributed by atoms with van der Waals surface area (Å²) in [6.45, 7) is 4.73. The molecule has 0 fully saturated rings. The molecule has 11 rings (SSSR count). The third-order valence-corrected chi connectivity index (χ3v) is 12.1. The zero-order chi connectivity index (χ0) is 38.1. The molecule has 1 aromatic heterocycles. The van der Waals surface area contributed by atoms with Crippen LogP contribution in [0.15, 0.2) is 194 Å². The molecule has 1 heterocycles. The van der Waals surface area contributed by atoms with E-state index in [1.54, 1.807) is 0 Å². The molecular weight excluding hydrogens is 689 g/mol. The van der Waals surface area contributed by atoms with Crippen LogP contribution < -0.4 is 0 Å². The van der Waals surface area contributed by atoms with E-state index in [0.717, 1.165) is 38.9 Å². The van der Waals surface area contributed by atoms with Crippen molar-refractivity contribution in [2.75, 3.05) is 0 Å². The number of nitrogens with zero attached hydrogens (tertiary/aromatic N) is 2. The maximum Gasteiger partial charge on any atom is 0.160 e. The first-order valence-electron chi connectivity index (χ1n) is 19.7. The number of hydrogen-bond acceptors (Lipinski definition) is 2. The van der Waals surface area contributed by atoms with Crippen molar-refractivity contribution < 1.29 is 0 Å². The van der Waals surface area contributed by atoms with Gasteiger partial charge in [-0.15, -0.1) is 0 Å². The van der Waals surface area contributed by atoms with Crippen LogP contribution in [0, 0.1) is 0 Å². The van der Waals surface area contributed by atoms with Gasteiger partial charge in [-0.1, -0.05) is 190 Å². The van der Waals surface area contributed by atoms with Gasteiger partial charge in [0.15, 0.2) is 5.82 Å². The maximum atomic E-state index is 5.40. The average Bonchev–Trinajstić information content (AvgIpc) is 3.50. The molecular formula is C55H38N2. The first-order valence-corrected chi connectivity index (χ1v) is 19.7. The van der Waals surface area contributed by atoms with Gasteiger partial charge in [0.1, 0.15) is 0 Å². The second-order valence-electron chi connectivity index (χ2n) is 15.7. The number of rotatable bonds is 5. The van der Waals surface area contributed by atoms with Crippen LogP contribution in [0.3, 0.4) is 0 Å². The summed E-state index contributed by atoms with van der Waals surface area (Å²) in [5.74, 6) is 0.709. The Morgan fingerprint density at radius 2 is 0.912 bits per heavy atom. The molecule has 0 aliphatic heterocycles. The van der Waals surface area contributed by atoms with Crippen LogP contribution in [0.1, 0.15) is 25.0 Å². The molecule has 1 aliphatic carbocycles. The Balaban J connectivity index is 1.24. The van der Waals surface area contributed by atoms with Gasteiger partial charge in [-0.25, -0.2) is 9.97 Å². The Bertz CT molecular complexity index is 3130. The molecule has 0 saturated heterocycles. The Morgan fingerprint density at radius 1 is 0.333 bits per heavy atom. The third-order valence-electron chi connectivity index (χ3n) is 12.1. The molecule has 0 unspecified atom stereocenters. The van der Waals surface area contributed by atoms with E-state index < -0.39 is 0 Å². The SMILES string of the molecule is CC1(C)c2ccccc2-c2ccc(-c3c4ccccc4c(-c4cc(-c5ccccc5)nc(-c5ccccc5)n4)c4ccc(-c5cccc6ccccc56)cc34)cc21. The van der Waals surface area contributed by atoms with Crippen molar-refractivity contribution >= 4 is 32.3 Å². The summed E-state index contributed by atoms with van der Waals surface area (Å²) < 4.78 is 0. The van der Waals surface area contributed by atoms with Crippen LogP contribution in [0.4, 0.5) is 0 Å². The molecule has 0 atom stereocenters. The van der Waals surface area contributed by atoms with Gasteiger partial charge < -0.3 is 0 Å². The van der Waals surface area contributed by atoms with E-state index in [4.69, 9.17) is 9.97 Å². The second-order valence-corrected chi connectivity index (χ2v) is 15.7. The lowest BCUT2D eigenvalue weighted by atomic mass is 9.80. The number of benzene rings is 9. The summed E-state index contributed by atoms with van der Waals surface area (Å²) in [5.41, 5.74) is 15.1. The van der Waals surface area contributed by atoms with Gasteiger partial charge in [0.25, 0.3) is 0 Å². The summed E-state index contributed by atoms with van der Waals surface area (Å²) in [6, 6.07) is 70.3. The molecule has 1 aliphatic rings. The highest BCUT2D eigenvalue weighted by Gasteiger charge is 2.35. The highest BCUT2D eigenvalue weighted by atomic mass is 14.9. The van der Waals surface area contributed by atoms with Crippen molar-refractivity contribution in [1.82, 2.24) is 9.97 Å². The largest absolute Gasteiger partial charge is 0.228 e. The molecule has 0 saturated carbocycles. The van der Waals surface area contributed by atoms with Crippen molar-refractivity contribution in [3.63, 3.8) is 0 Å². The second kappa shape index (κ2) is 13.0. The molecule has 2 heteroatoms. The normalized spacial score (nSPS) is 12.9. The third kappa shape index (κ3) is 5.33. The van der Waals surface area contributed by atoms with Gasteiger partial charge in [-0.3, -0.25) is 0 Å². The summed E-state index contributed by atoms with van der Waals surface area (Å²) in [4.78, 5) is 10.6. The lowest BCUT2D eigenvalue weighted by molar-refractivity contribution is 0.660. The van der Waals surface area contributed by atoms with E-state index in [1.807, 2.05) is 6.07 Å². The molecule has 57 heavy (non-hydrogen) atoms. The molecule has 268 valence electrons. The molecule has 0 radical (unpaired) electrons. The summed E-state index contributed by atoms with van der Waals surface area (Å²) in [7, 11) is 0. The quantitative estimate of drug-likeness (QED) is 0.165. The Kier molecular flexibility index (Phi) is 7.55. The van der Waals surface area contributed by atoms with Crippen molar-refractivity contribution in [1.29, 1.82) is 0 Å². The number of fused-ring (bicyclic) bond motifs is 6. The van der Waals surface area contributed by atoms with E-state index in [2.05, 4.69) is 202 Å². The van der Waals surface area contributed by atoms with Crippen molar-refractivity contribution in [3.05, 3.63) is 205 Å². The molecule has 2 nitrogen and oxygen atoms in total. The lowest BCUT2D eigenvalue weighted by Crippen LogP contribution is -2.14. The van der Waals surface area contributed by atoms with E-state index >= 15 is 0 Å². The Morgan fingerprint density at radius 3 is 1.72 bits per heavy atom. The molecule has 0 N–H and O–H groups in total. The molecule has 10 aromatic rings. The molecule has 9 aromatic carbocycles. The van der Waals surface area contributed by atoms with Crippen LogP contribution in [0.25, 0.3) is 99.6 Å². The van der Waals surface area contributed by atoms with E-state index in [-0.39, 0.29) is 5.41 Å². The first kappa shape index (κ1) is 33.2. The molecule has 0 spiro atoms. The number of hydrogen-bond donors (Lipinski definition) is 0. The van der Waals surface area contributed by atoms with Gasteiger partial charge >= 0.3 is 0 Å². The predicted molar refractivity (Wildman–Crippen MR) is 239 cm³/mol. The van der Waals surface area contributed by atoms with Crippen LogP contribution in [0.5, 0.6) is 0 Å². The monoisotopic (exact) mass is 726 g/mol. The lowest BCUT2D eigenvalue weighted by Gasteiger charge is -2.23. The van der Waals surface area contributed by atoms with Gasteiger partial charge in [0, 0.05) is 22.1 Å². The summed E-state index contributed by atoms with van der Waals surface area (Å²) >= 11 is 0. The highest BCUT2D eigenvalue weighted by Crippen LogP contribution is 2.51. The minimum atomic E-state index is -0.121. The van der Waals surface area contributed by atoms with Crippen molar-refractivity contribution in [3.8, 4) is 67.3 Å². The van der Waals surface area contributed by atoms with Gasteiger partial charge in [-0.05, 0) is 95.0 Å². The van der Waals surface area contributed by atoms with E-state index in [9.17, 15) is 0 Å². The molecule has 0 amide bonds. The van der Waals surface area contributed by atoms with Crippen molar-refractivity contribution in [2.24, 2.45) is 0 Å². The predicted octanol–water partition coefficient (Wildman–Crippen LogP) is 14.6. The fourth-order valence-corrected chi connectivity index (χ4v) is 9.32. The maximum absolute atomic E-state index is 5.40. The standard InChI is InChI=1S/C55H38N2/c1-55(2)48-27-14-13-23-42(48)43-30-29-39(33-49(43)55)52-44-24-11-12-25-45(44)53(46-31-28-38(32-47(46)52)41-26-15-21-35-16-9-10-22-40(35)41)51-34-50(36-17-5-3-6-18-36)56-54(57-51)37-19-7-4-8-20-37/h3-34H,1-2H3. The summed E-state index contributed by atoms with van der Waals surface area (Å²) in [6.07, 6.45) is 0. The van der Waals surface area contributed by atoms with Gasteiger partial charge in [-0.2, -0.15) is 0 Å². The zero-order valence-electron chi connectivity index (χ0n) is 31.9. The van der Waals surface area contributed by atoms with Crippen LogP contribution in [0.2, 0.25) is 0 Å². The highest BCUT2D eigenvalue weighted by molar-refractivity contribution is 6.22. The van der Waals surface area contributed by atoms with Crippen LogP contribution in [-0.2, 0) is 5.41 Å². The fraction of sp³-hybridized carbons (Fsp3) is 0.0545. The molecule has 0 bridgehead atoms. The van der Waals surface area contributed by atoms with Crippen LogP contribution in [-0.4, -0.2) is 9.97 Å². The smallest absolute Gasteiger partial charge is 0.160 e. The van der Waals surface area contributed by atoms with E-state index in [0.29, 0.717) is 5.82 Å². The van der Waals surface area contributed by atoms with Crippen molar-refractivity contribution in [2.45, 2.75) is 19.3 Å². The average molecular weight is 727 g/mol. The number of aromatic nitrogens is 2. The van der Waals surface area contributed by atoms with E-state index in [1.165, 1.54) is 66.1 Å². The van der Waals surface area contributed by atoms with Gasteiger partial charge in [0.05, 0.1) is 11.4 Å². The van der Waals surface area contributed by atoms with Crippen LogP contribution >= 0.6 is 0 Å².